The number of halogens is 4. The van der Waals surface area contributed by atoms with Gasteiger partial charge >= 0.3 is 0 Å². The van der Waals surface area contributed by atoms with Gasteiger partial charge in [-0.1, -0.05) is 12.1 Å². The molecule has 164 valence electrons. The average molecular weight is 441 g/mol. The van der Waals surface area contributed by atoms with Crippen molar-refractivity contribution >= 4 is 0 Å². The fraction of sp³-hybridized carbons (Fsp3) is 0.333. The second-order valence-electron chi connectivity index (χ2n) is 8.49. The van der Waals surface area contributed by atoms with Crippen LogP contribution in [0.15, 0.2) is 36.8 Å². The normalized spacial score (nSPS) is 23.5. The van der Waals surface area contributed by atoms with Gasteiger partial charge in [0, 0.05) is 24.9 Å². The van der Waals surface area contributed by atoms with Gasteiger partial charge in [-0.3, -0.25) is 0 Å². The van der Waals surface area contributed by atoms with Crippen LogP contribution in [0.25, 0.3) is 11.3 Å². The molecule has 8 heteroatoms. The van der Waals surface area contributed by atoms with E-state index in [2.05, 4.69) is 4.98 Å². The monoisotopic (exact) mass is 441 g/mol. The Hall–Kier alpha value is -3.18. The van der Waals surface area contributed by atoms with Crippen LogP contribution < -0.4 is 0 Å². The largest absolute Gasteiger partial charge is 0.382 e. The molecular weight excluding hydrogens is 422 g/mol. The second-order valence-corrected chi connectivity index (χ2v) is 8.49. The summed E-state index contributed by atoms with van der Waals surface area (Å²) in [6.45, 7) is 0. The molecule has 32 heavy (non-hydrogen) atoms. The lowest BCUT2D eigenvalue weighted by atomic mass is 9.74. The molecule has 0 spiro atoms. The van der Waals surface area contributed by atoms with Gasteiger partial charge in [0.2, 0.25) is 0 Å². The van der Waals surface area contributed by atoms with Crippen LogP contribution in [0.5, 0.6) is 0 Å². The summed E-state index contributed by atoms with van der Waals surface area (Å²) < 4.78 is 59.8. The van der Waals surface area contributed by atoms with E-state index >= 15 is 0 Å². The van der Waals surface area contributed by atoms with Gasteiger partial charge in [-0.05, 0) is 52.8 Å². The van der Waals surface area contributed by atoms with Gasteiger partial charge in [0.15, 0.2) is 0 Å². The summed E-state index contributed by atoms with van der Waals surface area (Å²) in [5, 5.41) is 20.1. The number of benzene rings is 2. The quantitative estimate of drug-likeness (QED) is 0.552. The maximum Gasteiger partial charge on any atom is 0.281 e. The molecule has 1 aromatic heterocycles. The molecule has 0 radical (unpaired) electrons. The van der Waals surface area contributed by atoms with Crippen molar-refractivity contribution in [1.29, 1.82) is 5.26 Å². The Kier molecular flexibility index (Phi) is 4.64. The smallest absolute Gasteiger partial charge is 0.281 e. The molecular formula is C24H19F4N3O. The van der Waals surface area contributed by atoms with Crippen molar-refractivity contribution in [1.82, 2.24) is 9.55 Å². The number of aliphatic hydroxyl groups is 1. The molecule has 0 bridgehead atoms. The number of nitriles is 1. The van der Waals surface area contributed by atoms with Crippen molar-refractivity contribution in [2.45, 2.75) is 43.4 Å². The van der Waals surface area contributed by atoms with E-state index in [-0.39, 0.29) is 29.5 Å². The number of aliphatic hydroxyl groups excluding tert-OH is 1. The topological polar surface area (TPSA) is 61.8 Å². The highest BCUT2D eigenvalue weighted by molar-refractivity contribution is 5.70. The van der Waals surface area contributed by atoms with E-state index in [0.29, 0.717) is 27.9 Å². The molecule has 0 amide bonds. The Morgan fingerprint density at radius 3 is 2.66 bits per heavy atom. The number of alkyl halides is 3. The Morgan fingerprint density at radius 2 is 1.97 bits per heavy atom. The van der Waals surface area contributed by atoms with E-state index < -0.39 is 36.4 Å². The summed E-state index contributed by atoms with van der Waals surface area (Å²) in [7, 11) is 1.73. The third-order valence-electron chi connectivity index (χ3n) is 6.64. The minimum Gasteiger partial charge on any atom is -0.382 e. The Morgan fingerprint density at radius 1 is 1.19 bits per heavy atom. The van der Waals surface area contributed by atoms with Crippen molar-refractivity contribution in [3.63, 3.8) is 0 Å². The highest BCUT2D eigenvalue weighted by Crippen LogP contribution is 2.52. The highest BCUT2D eigenvalue weighted by Gasteiger charge is 2.50. The first-order valence-corrected chi connectivity index (χ1v) is 10.3. The number of imidazole rings is 1. The molecule has 2 aliphatic rings. The van der Waals surface area contributed by atoms with E-state index in [1.807, 2.05) is 6.07 Å². The maximum atomic E-state index is 14.7. The number of rotatable bonds is 2. The highest BCUT2D eigenvalue weighted by atomic mass is 19.3. The average Bonchev–Trinajstić information content (AvgIpc) is 3.28. The van der Waals surface area contributed by atoms with Crippen LogP contribution in [0, 0.1) is 17.1 Å². The van der Waals surface area contributed by atoms with E-state index in [0.717, 1.165) is 12.1 Å². The molecule has 0 saturated heterocycles. The summed E-state index contributed by atoms with van der Waals surface area (Å²) in [5.74, 6) is -4.63. The van der Waals surface area contributed by atoms with Gasteiger partial charge in [0.25, 0.3) is 5.92 Å². The standard InChI is InChI=1S/C24H19F4N3O/c1-31-11-30-10-20(31)16-3-2-14(18-8-24(27,28)23(32)22(16)18)15-4-5-19(26)17-7-13(25)6-12(9-29)21(15)17/h2-3,6-7,10-11,15,19,23,32H,4-5,8H2,1H3/t15-,19+,23+/m1/s1. The zero-order valence-corrected chi connectivity index (χ0v) is 17.1. The zero-order chi connectivity index (χ0) is 22.8. The molecule has 0 aliphatic heterocycles. The molecule has 3 atom stereocenters. The molecule has 0 unspecified atom stereocenters. The third-order valence-corrected chi connectivity index (χ3v) is 6.64. The molecule has 3 aromatic rings. The molecule has 4 nitrogen and oxygen atoms in total. The summed E-state index contributed by atoms with van der Waals surface area (Å²) >= 11 is 0. The van der Waals surface area contributed by atoms with Crippen molar-refractivity contribution in [2.24, 2.45) is 7.05 Å². The molecule has 0 fully saturated rings. The van der Waals surface area contributed by atoms with Gasteiger partial charge in [-0.15, -0.1) is 0 Å². The lowest BCUT2D eigenvalue weighted by Crippen LogP contribution is -2.22. The van der Waals surface area contributed by atoms with Crippen molar-refractivity contribution < 1.29 is 22.7 Å². The first-order valence-electron chi connectivity index (χ1n) is 10.3. The fourth-order valence-corrected chi connectivity index (χ4v) is 5.20. The minimum absolute atomic E-state index is 0.00196. The van der Waals surface area contributed by atoms with Crippen LogP contribution in [0.4, 0.5) is 17.6 Å². The van der Waals surface area contributed by atoms with Gasteiger partial charge in [0.1, 0.15) is 18.1 Å². The molecule has 5 rings (SSSR count). The Balaban J connectivity index is 1.75. The molecule has 2 aromatic carbocycles. The summed E-state index contributed by atoms with van der Waals surface area (Å²) in [4.78, 5) is 4.05. The van der Waals surface area contributed by atoms with Crippen molar-refractivity contribution in [3.8, 4) is 17.3 Å². The first-order chi connectivity index (χ1) is 15.2. The predicted molar refractivity (Wildman–Crippen MR) is 108 cm³/mol. The number of aryl methyl sites for hydroxylation is 1. The maximum absolute atomic E-state index is 14.7. The van der Waals surface area contributed by atoms with Crippen LogP contribution in [-0.4, -0.2) is 20.6 Å². The molecule has 1 N–H and O–H groups in total. The van der Waals surface area contributed by atoms with Crippen LogP contribution in [0.2, 0.25) is 0 Å². The summed E-state index contributed by atoms with van der Waals surface area (Å²) in [6, 6.07) is 7.43. The second kappa shape index (κ2) is 7.17. The van der Waals surface area contributed by atoms with Gasteiger partial charge in [-0.25, -0.2) is 22.5 Å². The van der Waals surface area contributed by atoms with Crippen LogP contribution >= 0.6 is 0 Å². The van der Waals surface area contributed by atoms with E-state index in [1.54, 1.807) is 36.3 Å². The van der Waals surface area contributed by atoms with Crippen molar-refractivity contribution in [3.05, 3.63) is 76.0 Å². The first kappa shape index (κ1) is 20.7. The van der Waals surface area contributed by atoms with Gasteiger partial charge in [-0.2, -0.15) is 5.26 Å². The minimum atomic E-state index is -3.37. The molecule has 1 heterocycles. The number of nitrogens with zero attached hydrogens (tertiary/aromatic N) is 3. The Labute approximate surface area is 181 Å². The number of aromatic nitrogens is 2. The predicted octanol–water partition coefficient (Wildman–Crippen LogP) is 5.26. The van der Waals surface area contributed by atoms with Crippen LogP contribution in [0.3, 0.4) is 0 Å². The lowest BCUT2D eigenvalue weighted by molar-refractivity contribution is -0.0966. The van der Waals surface area contributed by atoms with Crippen LogP contribution in [-0.2, 0) is 13.5 Å². The SMILES string of the molecule is Cn1cncc1-c1ccc([C@H]2CC[C@H](F)c3cc(F)cc(C#N)c32)c2c1[C@H](O)C(F)(F)C2. The number of hydrogen-bond acceptors (Lipinski definition) is 3. The summed E-state index contributed by atoms with van der Waals surface area (Å²) in [5.41, 5.74) is 2.40. The number of hydrogen-bond donors (Lipinski definition) is 1. The summed E-state index contributed by atoms with van der Waals surface area (Å²) in [6.07, 6.45) is -0.642. The van der Waals surface area contributed by atoms with E-state index in [4.69, 9.17) is 0 Å². The van der Waals surface area contributed by atoms with Gasteiger partial charge < -0.3 is 9.67 Å². The Bertz CT molecular complexity index is 1280. The van der Waals surface area contributed by atoms with E-state index in [1.165, 1.54) is 0 Å². The van der Waals surface area contributed by atoms with E-state index in [9.17, 15) is 27.9 Å². The third kappa shape index (κ3) is 2.95. The zero-order valence-electron chi connectivity index (χ0n) is 17.1. The lowest BCUT2D eigenvalue weighted by Gasteiger charge is -2.31. The number of fused-ring (bicyclic) bond motifs is 2. The van der Waals surface area contributed by atoms with Crippen molar-refractivity contribution in [2.75, 3.05) is 0 Å². The van der Waals surface area contributed by atoms with Crippen LogP contribution in [0.1, 0.15) is 64.4 Å². The van der Waals surface area contributed by atoms with Gasteiger partial charge in [0.05, 0.1) is 29.9 Å². The fourth-order valence-electron chi connectivity index (χ4n) is 5.20. The molecule has 0 saturated carbocycles. The molecule has 2 aliphatic carbocycles.